The molecule has 0 radical (unpaired) electrons. The second kappa shape index (κ2) is 6.29. The van der Waals surface area contributed by atoms with Crippen LogP contribution in [-0.2, 0) is 7.05 Å². The number of carbonyl (C=O) groups is 1. The van der Waals surface area contributed by atoms with Crippen LogP contribution in [0.5, 0.6) is 0 Å². The molecule has 1 atom stereocenters. The van der Waals surface area contributed by atoms with Gasteiger partial charge in [0.1, 0.15) is 5.15 Å². The second-order valence-corrected chi connectivity index (χ2v) is 6.48. The van der Waals surface area contributed by atoms with Gasteiger partial charge in [-0.3, -0.25) is 9.48 Å². The number of aryl methyl sites for hydroxylation is 1. The molecule has 23 heavy (non-hydrogen) atoms. The standard InChI is InChI=1S/C16H19ClN4O2/c1-21-9-12(8-19-21)14(16(10-22)4-2-5-16)20-15(23)11-3-6-18-13(17)7-11/h3,6-9,14,22H,2,4-5,10H2,1H3,(H,20,23)/t14-/m0/s1. The Labute approximate surface area is 139 Å². The lowest BCUT2D eigenvalue weighted by molar-refractivity contribution is 0.00598. The first-order valence-corrected chi connectivity index (χ1v) is 7.94. The van der Waals surface area contributed by atoms with Gasteiger partial charge in [0.15, 0.2) is 0 Å². The Kier molecular flexibility index (Phi) is 4.37. The smallest absolute Gasteiger partial charge is 0.251 e. The van der Waals surface area contributed by atoms with Crippen molar-refractivity contribution < 1.29 is 9.90 Å². The van der Waals surface area contributed by atoms with E-state index < -0.39 is 0 Å². The van der Waals surface area contributed by atoms with Crippen molar-refractivity contribution >= 4 is 17.5 Å². The molecule has 0 aliphatic heterocycles. The molecule has 2 heterocycles. The number of pyridine rings is 1. The molecule has 2 aromatic heterocycles. The molecule has 3 rings (SSSR count). The van der Waals surface area contributed by atoms with E-state index in [1.165, 1.54) is 12.3 Å². The molecule has 122 valence electrons. The van der Waals surface area contributed by atoms with Crippen LogP contribution in [0.25, 0.3) is 0 Å². The average Bonchev–Trinajstić information content (AvgIpc) is 2.92. The summed E-state index contributed by atoms with van der Waals surface area (Å²) in [5.74, 6) is -0.233. The molecule has 2 aromatic rings. The van der Waals surface area contributed by atoms with E-state index in [4.69, 9.17) is 11.6 Å². The van der Waals surface area contributed by atoms with Crippen LogP contribution in [0.2, 0.25) is 5.15 Å². The van der Waals surface area contributed by atoms with Gasteiger partial charge < -0.3 is 10.4 Å². The van der Waals surface area contributed by atoms with Crippen molar-refractivity contribution in [2.45, 2.75) is 25.3 Å². The number of carbonyl (C=O) groups excluding carboxylic acids is 1. The SMILES string of the molecule is Cn1cc([C@H](NC(=O)c2ccnc(Cl)c2)C2(CO)CCC2)cn1. The van der Waals surface area contributed by atoms with Crippen LogP contribution >= 0.6 is 11.6 Å². The summed E-state index contributed by atoms with van der Waals surface area (Å²) >= 11 is 5.86. The molecular formula is C16H19ClN4O2. The maximum absolute atomic E-state index is 12.6. The molecule has 7 heteroatoms. The molecular weight excluding hydrogens is 316 g/mol. The molecule has 1 aliphatic carbocycles. The number of rotatable bonds is 5. The van der Waals surface area contributed by atoms with Crippen molar-refractivity contribution in [2.24, 2.45) is 12.5 Å². The zero-order valence-corrected chi connectivity index (χ0v) is 13.6. The van der Waals surface area contributed by atoms with Crippen molar-refractivity contribution in [3.63, 3.8) is 0 Å². The third-order valence-corrected chi connectivity index (χ3v) is 4.81. The van der Waals surface area contributed by atoms with Crippen molar-refractivity contribution in [3.05, 3.63) is 47.0 Å². The Hall–Kier alpha value is -1.92. The third kappa shape index (κ3) is 3.09. The number of hydrogen-bond donors (Lipinski definition) is 2. The molecule has 6 nitrogen and oxygen atoms in total. The Bertz CT molecular complexity index is 706. The van der Waals surface area contributed by atoms with Crippen LogP contribution in [0.1, 0.15) is 41.2 Å². The van der Waals surface area contributed by atoms with E-state index in [2.05, 4.69) is 15.4 Å². The van der Waals surface area contributed by atoms with Gasteiger partial charge in [0.2, 0.25) is 0 Å². The highest BCUT2D eigenvalue weighted by Gasteiger charge is 2.45. The van der Waals surface area contributed by atoms with Crippen LogP contribution in [-0.4, -0.2) is 32.4 Å². The van der Waals surface area contributed by atoms with Crippen molar-refractivity contribution in [1.29, 1.82) is 0 Å². The van der Waals surface area contributed by atoms with E-state index in [0.717, 1.165) is 24.8 Å². The van der Waals surface area contributed by atoms with Gasteiger partial charge in [-0.15, -0.1) is 0 Å². The number of aromatic nitrogens is 3. The average molecular weight is 335 g/mol. The van der Waals surface area contributed by atoms with Gasteiger partial charge in [-0.2, -0.15) is 5.10 Å². The largest absolute Gasteiger partial charge is 0.396 e. The van der Waals surface area contributed by atoms with Crippen molar-refractivity contribution in [3.8, 4) is 0 Å². The van der Waals surface area contributed by atoms with Gasteiger partial charge in [-0.05, 0) is 25.0 Å². The molecule has 1 aliphatic rings. The third-order valence-electron chi connectivity index (χ3n) is 4.60. The molecule has 1 fully saturated rings. The summed E-state index contributed by atoms with van der Waals surface area (Å²) < 4.78 is 1.70. The first-order valence-electron chi connectivity index (χ1n) is 7.56. The summed E-state index contributed by atoms with van der Waals surface area (Å²) in [6, 6.07) is 2.87. The molecule has 0 saturated heterocycles. The summed E-state index contributed by atoms with van der Waals surface area (Å²) in [5.41, 5.74) is 1.02. The maximum atomic E-state index is 12.6. The van der Waals surface area contributed by atoms with E-state index in [-0.39, 0.29) is 29.1 Å². The van der Waals surface area contributed by atoms with E-state index in [1.807, 2.05) is 13.2 Å². The lowest BCUT2D eigenvalue weighted by Crippen LogP contribution is -2.47. The number of aliphatic hydroxyl groups excluding tert-OH is 1. The fourth-order valence-corrected chi connectivity index (χ4v) is 3.28. The quantitative estimate of drug-likeness (QED) is 0.821. The maximum Gasteiger partial charge on any atom is 0.251 e. The fraction of sp³-hybridized carbons (Fsp3) is 0.438. The predicted octanol–water partition coefficient (Wildman–Crippen LogP) is 2.10. The number of nitrogens with zero attached hydrogens (tertiary/aromatic N) is 3. The van der Waals surface area contributed by atoms with Gasteiger partial charge >= 0.3 is 0 Å². The van der Waals surface area contributed by atoms with Gasteiger partial charge in [0, 0.05) is 36.0 Å². The summed E-state index contributed by atoms with van der Waals surface area (Å²) in [5, 5.41) is 17.4. The van der Waals surface area contributed by atoms with E-state index in [9.17, 15) is 9.90 Å². The molecule has 0 bridgehead atoms. The van der Waals surface area contributed by atoms with E-state index in [1.54, 1.807) is 16.9 Å². The number of halogens is 1. The fourth-order valence-electron chi connectivity index (χ4n) is 3.11. The topological polar surface area (TPSA) is 80.0 Å². The van der Waals surface area contributed by atoms with Gasteiger partial charge in [-0.25, -0.2) is 4.98 Å². The second-order valence-electron chi connectivity index (χ2n) is 6.10. The number of hydrogen-bond acceptors (Lipinski definition) is 4. The minimum atomic E-state index is -0.324. The highest BCUT2D eigenvalue weighted by molar-refractivity contribution is 6.29. The molecule has 1 saturated carbocycles. The van der Waals surface area contributed by atoms with Crippen LogP contribution in [0.15, 0.2) is 30.7 Å². The van der Waals surface area contributed by atoms with Crippen molar-refractivity contribution in [1.82, 2.24) is 20.1 Å². The summed E-state index contributed by atoms with van der Waals surface area (Å²) in [6.07, 6.45) is 7.91. The minimum absolute atomic E-state index is 0.0317. The van der Waals surface area contributed by atoms with Crippen LogP contribution in [0, 0.1) is 5.41 Å². The monoisotopic (exact) mass is 334 g/mol. The van der Waals surface area contributed by atoms with Gasteiger partial charge in [-0.1, -0.05) is 18.0 Å². The van der Waals surface area contributed by atoms with Crippen LogP contribution < -0.4 is 5.32 Å². The van der Waals surface area contributed by atoms with Crippen LogP contribution in [0.3, 0.4) is 0 Å². The molecule has 0 unspecified atom stereocenters. The molecule has 0 aromatic carbocycles. The number of aliphatic hydroxyl groups is 1. The molecule has 0 spiro atoms. The first kappa shape index (κ1) is 16.0. The minimum Gasteiger partial charge on any atom is -0.396 e. The summed E-state index contributed by atoms with van der Waals surface area (Å²) in [4.78, 5) is 16.5. The zero-order chi connectivity index (χ0) is 16.4. The Balaban J connectivity index is 1.88. The Morgan fingerprint density at radius 3 is 2.87 bits per heavy atom. The van der Waals surface area contributed by atoms with Gasteiger partial charge in [0.25, 0.3) is 5.91 Å². The lowest BCUT2D eigenvalue weighted by Gasteiger charge is -2.46. The number of nitrogens with one attached hydrogen (secondary N) is 1. The number of amides is 1. The lowest BCUT2D eigenvalue weighted by atomic mass is 9.63. The van der Waals surface area contributed by atoms with E-state index >= 15 is 0 Å². The zero-order valence-electron chi connectivity index (χ0n) is 12.9. The van der Waals surface area contributed by atoms with Crippen molar-refractivity contribution in [2.75, 3.05) is 6.61 Å². The highest BCUT2D eigenvalue weighted by atomic mass is 35.5. The highest BCUT2D eigenvalue weighted by Crippen LogP contribution is 2.49. The van der Waals surface area contributed by atoms with Crippen LogP contribution in [0.4, 0.5) is 0 Å². The van der Waals surface area contributed by atoms with E-state index in [0.29, 0.717) is 5.56 Å². The van der Waals surface area contributed by atoms with Gasteiger partial charge in [0.05, 0.1) is 18.8 Å². The summed E-state index contributed by atoms with van der Waals surface area (Å²) in [7, 11) is 1.83. The molecule has 2 N–H and O–H groups in total. The predicted molar refractivity (Wildman–Crippen MR) is 86.0 cm³/mol. The Morgan fingerprint density at radius 2 is 2.35 bits per heavy atom. The normalized spacial score (nSPS) is 17.3. The Morgan fingerprint density at radius 1 is 1.57 bits per heavy atom. The molecule has 1 amide bonds. The summed E-state index contributed by atoms with van der Waals surface area (Å²) in [6.45, 7) is 0.0317. The first-order chi connectivity index (χ1) is 11.0.